The number of aryl methyl sites for hydroxylation is 3. The summed E-state index contributed by atoms with van der Waals surface area (Å²) in [7, 11) is 0. The quantitative estimate of drug-likeness (QED) is 0.440. The van der Waals surface area contributed by atoms with Crippen LogP contribution in [0.25, 0.3) is 16.7 Å². The van der Waals surface area contributed by atoms with Gasteiger partial charge in [0.2, 0.25) is 0 Å². The molecule has 2 saturated heterocycles. The predicted molar refractivity (Wildman–Crippen MR) is 142 cm³/mol. The Kier molecular flexibility index (Phi) is 6.02. The summed E-state index contributed by atoms with van der Waals surface area (Å²) >= 11 is 0. The van der Waals surface area contributed by atoms with Gasteiger partial charge in [0.25, 0.3) is 5.91 Å². The Morgan fingerprint density at radius 1 is 1.05 bits per heavy atom. The van der Waals surface area contributed by atoms with E-state index in [9.17, 15) is 14.3 Å². The summed E-state index contributed by atoms with van der Waals surface area (Å²) in [5.74, 6) is 0.261. The third kappa shape index (κ3) is 4.16. The van der Waals surface area contributed by atoms with Crippen molar-refractivity contribution in [1.29, 1.82) is 0 Å². The normalized spacial score (nSPS) is 22.1. The molecule has 3 atom stereocenters. The molecule has 2 aliphatic heterocycles. The summed E-state index contributed by atoms with van der Waals surface area (Å²) < 4.78 is 16.3. The van der Waals surface area contributed by atoms with Crippen LogP contribution in [0.4, 0.5) is 10.2 Å². The number of rotatable bonds is 3. The first-order chi connectivity index (χ1) is 18.2. The van der Waals surface area contributed by atoms with E-state index in [1.807, 2.05) is 40.0 Å². The van der Waals surface area contributed by atoms with Crippen molar-refractivity contribution in [2.24, 2.45) is 5.92 Å². The highest BCUT2D eigenvalue weighted by Crippen LogP contribution is 2.34. The molecule has 3 aromatic heterocycles. The zero-order chi connectivity index (χ0) is 26.7. The summed E-state index contributed by atoms with van der Waals surface area (Å²) in [6.07, 6.45) is 4.17. The first-order valence-electron chi connectivity index (χ1n) is 13.2. The lowest BCUT2D eigenvalue weighted by atomic mass is 9.97. The zero-order valence-corrected chi connectivity index (χ0v) is 22.1. The van der Waals surface area contributed by atoms with E-state index in [1.165, 1.54) is 12.1 Å². The molecule has 5 heterocycles. The molecule has 0 aliphatic carbocycles. The number of aliphatic hydroxyl groups is 1. The molecule has 4 aromatic rings. The molecule has 6 rings (SSSR count). The van der Waals surface area contributed by atoms with Crippen LogP contribution in [0.1, 0.15) is 65.2 Å². The van der Waals surface area contributed by atoms with Gasteiger partial charge in [-0.1, -0.05) is 6.92 Å². The Morgan fingerprint density at radius 2 is 1.84 bits per heavy atom. The van der Waals surface area contributed by atoms with Crippen molar-refractivity contribution in [2.45, 2.75) is 59.1 Å². The van der Waals surface area contributed by atoms with Crippen molar-refractivity contribution in [2.75, 3.05) is 24.5 Å². The van der Waals surface area contributed by atoms with E-state index in [2.05, 4.69) is 14.9 Å². The van der Waals surface area contributed by atoms with Crippen LogP contribution in [0.15, 0.2) is 24.4 Å². The highest BCUT2D eigenvalue weighted by atomic mass is 19.1. The molecule has 10 heteroatoms. The zero-order valence-electron chi connectivity index (χ0n) is 22.1. The maximum atomic E-state index is 14.6. The van der Waals surface area contributed by atoms with E-state index in [0.29, 0.717) is 41.2 Å². The highest BCUT2D eigenvalue weighted by Gasteiger charge is 2.33. The molecule has 38 heavy (non-hydrogen) atoms. The van der Waals surface area contributed by atoms with Crippen LogP contribution in [-0.4, -0.2) is 66.2 Å². The minimum absolute atomic E-state index is 0.186. The Balaban J connectivity index is 1.37. The molecule has 0 saturated carbocycles. The second-order valence-corrected chi connectivity index (χ2v) is 10.8. The van der Waals surface area contributed by atoms with Crippen molar-refractivity contribution in [1.82, 2.24) is 29.5 Å². The number of anilines is 1. The minimum Gasteiger partial charge on any atom is -0.391 e. The smallest absolute Gasteiger partial charge is 0.256 e. The molecule has 3 unspecified atom stereocenters. The second kappa shape index (κ2) is 9.27. The number of fused-ring (bicyclic) bond motifs is 2. The van der Waals surface area contributed by atoms with Gasteiger partial charge in [-0.3, -0.25) is 4.79 Å². The van der Waals surface area contributed by atoms with Crippen LogP contribution >= 0.6 is 0 Å². The van der Waals surface area contributed by atoms with E-state index in [-0.39, 0.29) is 29.5 Å². The predicted octanol–water partition coefficient (Wildman–Crippen LogP) is 3.92. The van der Waals surface area contributed by atoms with Crippen LogP contribution < -0.4 is 4.90 Å². The van der Waals surface area contributed by atoms with Gasteiger partial charge in [-0.15, -0.1) is 0 Å². The van der Waals surface area contributed by atoms with Crippen LogP contribution in [-0.2, 0) is 0 Å². The first-order valence-corrected chi connectivity index (χ1v) is 13.2. The number of benzene rings is 1. The van der Waals surface area contributed by atoms with E-state index < -0.39 is 5.82 Å². The average Bonchev–Trinajstić information content (AvgIpc) is 3.45. The third-order valence-electron chi connectivity index (χ3n) is 7.98. The maximum absolute atomic E-state index is 14.6. The number of aromatic nitrogens is 5. The molecule has 9 nitrogen and oxygen atoms in total. The monoisotopic (exact) mass is 517 g/mol. The molecular weight excluding hydrogens is 485 g/mol. The van der Waals surface area contributed by atoms with Crippen molar-refractivity contribution in [3.05, 3.63) is 58.4 Å². The largest absolute Gasteiger partial charge is 0.391 e. The fourth-order valence-corrected chi connectivity index (χ4v) is 5.72. The number of hydrogen-bond acceptors (Lipinski definition) is 7. The Hall–Kier alpha value is -3.66. The van der Waals surface area contributed by atoms with E-state index in [4.69, 9.17) is 10.1 Å². The molecular formula is C28H32FN7O2. The molecule has 1 N–H and O–H groups in total. The van der Waals surface area contributed by atoms with Crippen molar-refractivity contribution in [3.63, 3.8) is 0 Å². The summed E-state index contributed by atoms with van der Waals surface area (Å²) in [5, 5.41) is 15.1. The Labute approximate surface area is 220 Å². The van der Waals surface area contributed by atoms with E-state index in [0.717, 1.165) is 42.9 Å². The SMILES string of the molecule is Cc1cn2nc(C3CCCCN3C(=O)c3cc(F)cc4nc(C)c(C)nc34)cc2nc1N1CC(C)C(O)C1. The van der Waals surface area contributed by atoms with Crippen LogP contribution in [0.5, 0.6) is 0 Å². The molecule has 2 fully saturated rings. The topological polar surface area (TPSA) is 99.8 Å². The molecule has 1 aromatic carbocycles. The van der Waals surface area contributed by atoms with Crippen molar-refractivity contribution in [3.8, 4) is 0 Å². The lowest BCUT2D eigenvalue weighted by Crippen LogP contribution is -2.39. The second-order valence-electron chi connectivity index (χ2n) is 10.8. The number of nitrogens with zero attached hydrogens (tertiary/aromatic N) is 7. The fourth-order valence-electron chi connectivity index (χ4n) is 5.72. The molecule has 0 radical (unpaired) electrons. The third-order valence-corrected chi connectivity index (χ3v) is 7.98. The number of piperidine rings is 1. The summed E-state index contributed by atoms with van der Waals surface area (Å²) in [6.45, 7) is 9.56. The van der Waals surface area contributed by atoms with Gasteiger partial charge in [0.15, 0.2) is 5.65 Å². The summed E-state index contributed by atoms with van der Waals surface area (Å²) in [6, 6.07) is 4.28. The van der Waals surface area contributed by atoms with Gasteiger partial charge >= 0.3 is 0 Å². The Bertz CT molecular complexity index is 1560. The van der Waals surface area contributed by atoms with Gasteiger partial charge in [-0.05, 0) is 46.1 Å². The number of β-amino-alcohol motifs (C(OH)–C–C–N with tert-alkyl or cyclic N) is 1. The Morgan fingerprint density at radius 3 is 2.61 bits per heavy atom. The summed E-state index contributed by atoms with van der Waals surface area (Å²) in [4.78, 5) is 31.8. The number of carbonyl (C=O) groups is 1. The van der Waals surface area contributed by atoms with Gasteiger partial charge in [-0.2, -0.15) is 5.10 Å². The number of likely N-dealkylation sites (tertiary alicyclic amines) is 1. The molecule has 0 bridgehead atoms. The number of amides is 1. The molecule has 0 spiro atoms. The van der Waals surface area contributed by atoms with Gasteiger partial charge in [0, 0.05) is 49.4 Å². The molecule has 2 aliphatic rings. The van der Waals surface area contributed by atoms with E-state index >= 15 is 0 Å². The average molecular weight is 518 g/mol. The van der Waals surface area contributed by atoms with E-state index in [1.54, 1.807) is 9.42 Å². The van der Waals surface area contributed by atoms with Crippen LogP contribution in [0, 0.1) is 32.5 Å². The number of halogens is 1. The van der Waals surface area contributed by atoms with Gasteiger partial charge in [0.05, 0.1) is 40.3 Å². The maximum Gasteiger partial charge on any atom is 0.256 e. The lowest BCUT2D eigenvalue weighted by Gasteiger charge is -2.35. The van der Waals surface area contributed by atoms with Crippen LogP contribution in [0.3, 0.4) is 0 Å². The van der Waals surface area contributed by atoms with Crippen molar-refractivity contribution < 1.29 is 14.3 Å². The number of aliphatic hydroxyl groups excluding tert-OH is 1. The highest BCUT2D eigenvalue weighted by molar-refractivity contribution is 6.05. The van der Waals surface area contributed by atoms with Crippen molar-refractivity contribution >= 4 is 28.4 Å². The van der Waals surface area contributed by atoms with Gasteiger partial charge in [0.1, 0.15) is 17.2 Å². The molecule has 198 valence electrons. The van der Waals surface area contributed by atoms with Gasteiger partial charge in [-0.25, -0.2) is 23.9 Å². The minimum atomic E-state index is -0.506. The number of hydrogen-bond donors (Lipinski definition) is 1. The summed E-state index contributed by atoms with van der Waals surface area (Å²) in [5.41, 5.74) is 4.88. The lowest BCUT2D eigenvalue weighted by molar-refractivity contribution is 0.0607. The fraction of sp³-hybridized carbons (Fsp3) is 0.464. The van der Waals surface area contributed by atoms with Gasteiger partial charge < -0.3 is 14.9 Å². The van der Waals surface area contributed by atoms with Crippen LogP contribution in [0.2, 0.25) is 0 Å². The molecule has 1 amide bonds. The first kappa shape index (κ1) is 24.7. The standard InChI is InChI=1S/C28H32FN7O2/c1-15-12-34(14-24(15)37)27-16(2)13-36-25(32-27)11-21(33-36)23-7-5-6-8-35(23)28(38)20-9-19(29)10-22-26(20)31-18(4)17(3)30-22/h9-11,13,15,23-24,37H,5-8,12,14H2,1-4H3. The number of carbonyl (C=O) groups excluding carboxylic acids is 1.